The molecule has 0 radical (unpaired) electrons. The van der Waals surface area contributed by atoms with Crippen LogP contribution in [0.3, 0.4) is 0 Å². The third-order valence-corrected chi connectivity index (χ3v) is 3.59. The fourth-order valence-electron chi connectivity index (χ4n) is 1.61. The molecule has 1 aromatic heterocycles. The number of aromatic amines is 1. The van der Waals surface area contributed by atoms with Gasteiger partial charge in [0.25, 0.3) is 0 Å². The van der Waals surface area contributed by atoms with E-state index in [-0.39, 0.29) is 0 Å². The molecular weight excluding hydrogens is 222 g/mol. The Morgan fingerprint density at radius 1 is 1.06 bits per heavy atom. The Kier molecular flexibility index (Phi) is 2.59. The van der Waals surface area contributed by atoms with Crippen LogP contribution in [0.2, 0.25) is 0 Å². The number of aryl methyl sites for hydroxylation is 1. The topological polar surface area (TPSA) is 49.9 Å². The second-order valence-electron chi connectivity index (χ2n) is 3.86. The molecule has 0 unspecified atom stereocenters. The first kappa shape index (κ1) is 11.0. The summed E-state index contributed by atoms with van der Waals surface area (Å²) in [4.78, 5) is 3.31. The molecule has 0 aliphatic carbocycles. The second-order valence-corrected chi connectivity index (χ2v) is 5.84. The van der Waals surface area contributed by atoms with Crippen molar-refractivity contribution in [2.75, 3.05) is 6.26 Å². The third-order valence-electron chi connectivity index (χ3n) is 2.45. The molecule has 0 bridgehead atoms. The van der Waals surface area contributed by atoms with E-state index >= 15 is 0 Å². The molecule has 0 amide bonds. The van der Waals surface area contributed by atoms with Gasteiger partial charge in [-0.15, -0.1) is 0 Å². The molecule has 1 aromatic carbocycles. The molecule has 1 N–H and O–H groups in total. The van der Waals surface area contributed by atoms with E-state index in [1.165, 1.54) is 6.26 Å². The lowest BCUT2D eigenvalue weighted by Gasteiger charge is -2.03. The summed E-state index contributed by atoms with van der Waals surface area (Å²) in [5, 5.41) is 0. The van der Waals surface area contributed by atoms with Gasteiger partial charge in [0.15, 0.2) is 9.84 Å². The molecule has 0 saturated carbocycles. The van der Waals surface area contributed by atoms with Crippen LogP contribution in [-0.2, 0) is 9.84 Å². The number of hydrogen-bond donors (Lipinski definition) is 1. The van der Waals surface area contributed by atoms with Crippen LogP contribution >= 0.6 is 0 Å². The van der Waals surface area contributed by atoms with Crippen LogP contribution in [-0.4, -0.2) is 19.7 Å². The minimum absolute atomic E-state index is 0.344. The number of rotatable bonds is 2. The molecule has 1 heterocycles. The van der Waals surface area contributed by atoms with Crippen molar-refractivity contribution >= 4 is 9.84 Å². The van der Waals surface area contributed by atoms with Crippen LogP contribution in [0.25, 0.3) is 11.3 Å². The predicted molar refractivity (Wildman–Crippen MR) is 64.1 cm³/mol. The molecule has 0 fully saturated rings. The minimum atomic E-state index is -3.18. The molecule has 0 saturated heterocycles. The molecule has 84 valence electrons. The van der Waals surface area contributed by atoms with E-state index in [4.69, 9.17) is 0 Å². The lowest BCUT2D eigenvalue weighted by Crippen LogP contribution is -1.97. The van der Waals surface area contributed by atoms with Crippen LogP contribution in [0.4, 0.5) is 0 Å². The van der Waals surface area contributed by atoms with Crippen molar-refractivity contribution in [2.45, 2.75) is 11.8 Å². The summed E-state index contributed by atoms with van der Waals surface area (Å²) >= 11 is 0. The zero-order chi connectivity index (χ0) is 11.8. The molecule has 0 aliphatic heterocycles. The van der Waals surface area contributed by atoms with Crippen LogP contribution in [0.15, 0.2) is 41.4 Å². The molecule has 3 nitrogen and oxygen atoms in total. The van der Waals surface area contributed by atoms with Gasteiger partial charge in [-0.25, -0.2) is 8.42 Å². The lowest BCUT2D eigenvalue weighted by molar-refractivity contribution is 0.602. The monoisotopic (exact) mass is 235 g/mol. The minimum Gasteiger partial charge on any atom is -0.360 e. The molecule has 2 aromatic rings. The van der Waals surface area contributed by atoms with Gasteiger partial charge < -0.3 is 4.98 Å². The number of aromatic nitrogens is 1. The molecule has 0 atom stereocenters. The Hall–Kier alpha value is -1.55. The third kappa shape index (κ3) is 2.02. The van der Waals surface area contributed by atoms with Gasteiger partial charge in [-0.05, 0) is 18.6 Å². The Morgan fingerprint density at radius 2 is 1.69 bits per heavy atom. The first-order chi connectivity index (χ1) is 7.48. The average molecular weight is 235 g/mol. The van der Waals surface area contributed by atoms with Crippen LogP contribution in [0, 0.1) is 6.92 Å². The van der Waals surface area contributed by atoms with Crippen LogP contribution < -0.4 is 0 Å². The highest BCUT2D eigenvalue weighted by atomic mass is 32.2. The number of nitrogens with one attached hydrogen (secondary N) is 1. The van der Waals surface area contributed by atoms with E-state index < -0.39 is 9.84 Å². The van der Waals surface area contributed by atoms with Gasteiger partial charge in [-0.2, -0.15) is 0 Å². The largest absolute Gasteiger partial charge is 0.360 e. The fourth-order valence-corrected chi connectivity index (χ4v) is 2.47. The normalized spacial score (nSPS) is 11.6. The average Bonchev–Trinajstić information content (AvgIpc) is 2.66. The van der Waals surface area contributed by atoms with Gasteiger partial charge in [0.2, 0.25) is 0 Å². The van der Waals surface area contributed by atoms with E-state index in [9.17, 15) is 8.42 Å². The van der Waals surface area contributed by atoms with Gasteiger partial charge in [-0.3, -0.25) is 0 Å². The maximum atomic E-state index is 11.5. The van der Waals surface area contributed by atoms with Gasteiger partial charge in [0.05, 0.1) is 10.6 Å². The Labute approximate surface area is 95.1 Å². The molecular formula is C12H13NO2S. The first-order valence-electron chi connectivity index (χ1n) is 4.93. The van der Waals surface area contributed by atoms with Crippen molar-refractivity contribution in [1.82, 2.24) is 4.98 Å². The van der Waals surface area contributed by atoms with Crippen LogP contribution in [0.1, 0.15) is 5.56 Å². The Morgan fingerprint density at radius 3 is 2.25 bits per heavy atom. The molecule has 16 heavy (non-hydrogen) atoms. The highest BCUT2D eigenvalue weighted by molar-refractivity contribution is 7.90. The van der Waals surface area contributed by atoms with E-state index in [2.05, 4.69) is 4.98 Å². The molecule has 0 spiro atoms. The number of H-pyrrole nitrogens is 1. The fraction of sp³-hybridized carbons (Fsp3) is 0.167. The molecule has 4 heteroatoms. The molecule has 0 aliphatic rings. The van der Waals surface area contributed by atoms with Crippen molar-refractivity contribution in [1.29, 1.82) is 0 Å². The number of hydrogen-bond acceptors (Lipinski definition) is 2. The van der Waals surface area contributed by atoms with E-state index in [1.54, 1.807) is 12.3 Å². The van der Waals surface area contributed by atoms with E-state index in [1.807, 2.05) is 31.2 Å². The summed E-state index contributed by atoms with van der Waals surface area (Å²) in [5.74, 6) is 0. The highest BCUT2D eigenvalue weighted by Gasteiger charge is 2.15. The lowest BCUT2D eigenvalue weighted by atomic mass is 10.1. The second kappa shape index (κ2) is 3.79. The quantitative estimate of drug-likeness (QED) is 0.869. The zero-order valence-corrected chi connectivity index (χ0v) is 10.0. The van der Waals surface area contributed by atoms with Gasteiger partial charge in [-0.1, -0.05) is 29.8 Å². The Bertz CT molecular complexity index is 594. The summed E-state index contributed by atoms with van der Waals surface area (Å²) < 4.78 is 23.1. The SMILES string of the molecule is Cc1ccc(-c2[nH]ccc2S(C)(=O)=O)cc1. The van der Waals surface area contributed by atoms with Crippen molar-refractivity contribution < 1.29 is 8.42 Å². The van der Waals surface area contributed by atoms with Gasteiger partial charge >= 0.3 is 0 Å². The highest BCUT2D eigenvalue weighted by Crippen LogP contribution is 2.25. The zero-order valence-electron chi connectivity index (χ0n) is 9.19. The maximum absolute atomic E-state index is 11.5. The summed E-state index contributed by atoms with van der Waals surface area (Å²) in [5.41, 5.74) is 2.69. The van der Waals surface area contributed by atoms with Crippen molar-refractivity contribution in [3.63, 3.8) is 0 Å². The first-order valence-corrected chi connectivity index (χ1v) is 6.82. The Balaban J connectivity index is 2.58. The van der Waals surface area contributed by atoms with E-state index in [0.717, 1.165) is 11.1 Å². The van der Waals surface area contributed by atoms with E-state index in [0.29, 0.717) is 10.6 Å². The van der Waals surface area contributed by atoms with Crippen molar-refractivity contribution in [2.24, 2.45) is 0 Å². The number of sulfone groups is 1. The van der Waals surface area contributed by atoms with Gasteiger partial charge in [0, 0.05) is 12.5 Å². The molecule has 2 rings (SSSR count). The van der Waals surface area contributed by atoms with Crippen molar-refractivity contribution in [3.05, 3.63) is 42.1 Å². The smallest absolute Gasteiger partial charge is 0.177 e. The summed E-state index contributed by atoms with van der Waals surface area (Å²) in [6.45, 7) is 2.00. The van der Waals surface area contributed by atoms with Crippen LogP contribution in [0.5, 0.6) is 0 Å². The predicted octanol–water partition coefficient (Wildman–Crippen LogP) is 2.39. The number of benzene rings is 1. The summed E-state index contributed by atoms with van der Waals surface area (Å²) in [6.07, 6.45) is 2.86. The maximum Gasteiger partial charge on any atom is 0.177 e. The summed E-state index contributed by atoms with van der Waals surface area (Å²) in [7, 11) is -3.18. The van der Waals surface area contributed by atoms with Crippen molar-refractivity contribution in [3.8, 4) is 11.3 Å². The standard InChI is InChI=1S/C12H13NO2S/c1-9-3-5-10(6-4-9)12-11(7-8-13-12)16(2,14)15/h3-8,13H,1-2H3. The van der Waals surface area contributed by atoms with Gasteiger partial charge in [0.1, 0.15) is 0 Å². The summed E-state index contributed by atoms with van der Waals surface area (Å²) in [6, 6.07) is 9.33.